The van der Waals surface area contributed by atoms with Crippen LogP contribution in [0.1, 0.15) is 31.7 Å². The SMILES string of the molecule is CCOc1ccc(C2=C(N3CCCCC3)C(=O)N(c3cc(OC)cc(OC)c3)C2=O)cc1. The highest BCUT2D eigenvalue weighted by atomic mass is 16.5. The smallest absolute Gasteiger partial charge is 0.282 e. The molecule has 0 spiro atoms. The number of nitrogens with zero attached hydrogens (tertiary/aromatic N) is 2. The number of carbonyl (C=O) groups excluding carboxylic acids is 2. The minimum absolute atomic E-state index is 0.323. The van der Waals surface area contributed by atoms with E-state index in [1.54, 1.807) is 18.2 Å². The number of likely N-dealkylation sites (tertiary alicyclic amines) is 1. The average molecular weight is 437 g/mol. The second kappa shape index (κ2) is 9.34. The largest absolute Gasteiger partial charge is 0.497 e. The molecule has 0 bridgehead atoms. The van der Waals surface area contributed by atoms with Crippen molar-refractivity contribution in [2.45, 2.75) is 26.2 Å². The van der Waals surface area contributed by atoms with Crippen LogP contribution in [-0.4, -0.2) is 50.6 Å². The standard InChI is InChI=1S/C25H28N2O5/c1-4-32-19-10-8-17(9-11-19)22-23(26-12-6-5-7-13-26)25(29)27(24(22)28)18-14-20(30-2)16-21(15-18)31-3/h8-11,14-16H,4-7,12-13H2,1-3H3. The molecule has 2 aromatic carbocycles. The van der Waals surface area contributed by atoms with Crippen LogP contribution in [0.2, 0.25) is 0 Å². The maximum atomic E-state index is 13.7. The molecule has 7 nitrogen and oxygen atoms in total. The summed E-state index contributed by atoms with van der Waals surface area (Å²) in [5.74, 6) is 1.07. The maximum absolute atomic E-state index is 13.7. The second-order valence-corrected chi connectivity index (χ2v) is 7.75. The number of amides is 2. The monoisotopic (exact) mass is 436 g/mol. The molecule has 1 fully saturated rings. The van der Waals surface area contributed by atoms with Gasteiger partial charge in [-0.3, -0.25) is 9.59 Å². The number of anilines is 1. The Bertz CT molecular complexity index is 1020. The molecular formula is C25H28N2O5. The van der Waals surface area contributed by atoms with Gasteiger partial charge in [-0.05, 0) is 43.9 Å². The predicted octanol–water partition coefficient (Wildman–Crippen LogP) is 3.87. The number of rotatable bonds is 7. The molecule has 0 radical (unpaired) electrons. The summed E-state index contributed by atoms with van der Waals surface area (Å²) >= 11 is 0. The van der Waals surface area contributed by atoms with Crippen LogP contribution in [0.4, 0.5) is 5.69 Å². The maximum Gasteiger partial charge on any atom is 0.282 e. The number of hydrogen-bond donors (Lipinski definition) is 0. The Morgan fingerprint density at radius 1 is 0.812 bits per heavy atom. The first kappa shape index (κ1) is 21.7. The zero-order chi connectivity index (χ0) is 22.7. The van der Waals surface area contributed by atoms with Gasteiger partial charge in [-0.15, -0.1) is 0 Å². The van der Waals surface area contributed by atoms with Gasteiger partial charge in [0.05, 0.1) is 32.1 Å². The Morgan fingerprint density at radius 3 is 2.00 bits per heavy atom. The van der Waals surface area contributed by atoms with Crippen molar-refractivity contribution in [2.24, 2.45) is 0 Å². The first-order valence-electron chi connectivity index (χ1n) is 10.9. The molecule has 2 aromatic rings. The van der Waals surface area contributed by atoms with Crippen molar-refractivity contribution in [3.63, 3.8) is 0 Å². The lowest BCUT2D eigenvalue weighted by Crippen LogP contribution is -2.37. The fraction of sp³-hybridized carbons (Fsp3) is 0.360. The average Bonchev–Trinajstić information content (AvgIpc) is 3.09. The van der Waals surface area contributed by atoms with E-state index in [4.69, 9.17) is 14.2 Å². The molecule has 0 aliphatic carbocycles. The molecule has 1 saturated heterocycles. The van der Waals surface area contributed by atoms with E-state index in [2.05, 4.69) is 0 Å². The molecule has 2 aliphatic heterocycles. The normalized spacial score (nSPS) is 16.6. The molecule has 2 aliphatic rings. The van der Waals surface area contributed by atoms with Gasteiger partial charge < -0.3 is 19.1 Å². The zero-order valence-electron chi connectivity index (χ0n) is 18.7. The highest BCUT2D eigenvalue weighted by molar-refractivity contribution is 6.45. The number of methoxy groups -OCH3 is 2. The Kier molecular flexibility index (Phi) is 6.35. The van der Waals surface area contributed by atoms with Gasteiger partial charge in [0.1, 0.15) is 22.9 Å². The van der Waals surface area contributed by atoms with Crippen molar-refractivity contribution >= 4 is 23.1 Å². The molecule has 0 aromatic heterocycles. The van der Waals surface area contributed by atoms with Crippen molar-refractivity contribution in [1.29, 1.82) is 0 Å². The summed E-state index contributed by atoms with van der Waals surface area (Å²) in [6.07, 6.45) is 3.12. The van der Waals surface area contributed by atoms with Gasteiger partial charge in [0, 0.05) is 31.3 Å². The third-order valence-corrected chi connectivity index (χ3v) is 5.78. The molecule has 2 heterocycles. The molecule has 32 heavy (non-hydrogen) atoms. The van der Waals surface area contributed by atoms with Crippen molar-refractivity contribution in [3.8, 4) is 17.2 Å². The zero-order valence-corrected chi connectivity index (χ0v) is 18.7. The number of imide groups is 1. The molecule has 0 atom stereocenters. The summed E-state index contributed by atoms with van der Waals surface area (Å²) in [5, 5.41) is 0. The summed E-state index contributed by atoms with van der Waals surface area (Å²) in [6, 6.07) is 12.4. The van der Waals surface area contributed by atoms with E-state index in [1.165, 1.54) is 19.1 Å². The number of carbonyl (C=O) groups is 2. The van der Waals surface area contributed by atoms with Crippen LogP contribution in [0.5, 0.6) is 17.2 Å². The van der Waals surface area contributed by atoms with Gasteiger partial charge in [-0.2, -0.15) is 0 Å². The van der Waals surface area contributed by atoms with Crippen LogP contribution >= 0.6 is 0 Å². The van der Waals surface area contributed by atoms with Crippen molar-refractivity contribution in [2.75, 3.05) is 38.8 Å². The van der Waals surface area contributed by atoms with Crippen LogP contribution in [-0.2, 0) is 9.59 Å². The van der Waals surface area contributed by atoms with E-state index in [0.29, 0.717) is 40.6 Å². The molecule has 0 saturated carbocycles. The van der Waals surface area contributed by atoms with Crippen LogP contribution in [0.25, 0.3) is 5.57 Å². The van der Waals surface area contributed by atoms with Crippen LogP contribution in [0.15, 0.2) is 48.2 Å². The van der Waals surface area contributed by atoms with Crippen molar-refractivity contribution < 1.29 is 23.8 Å². The summed E-state index contributed by atoms with van der Waals surface area (Å²) in [6.45, 7) is 3.99. The van der Waals surface area contributed by atoms with Crippen LogP contribution in [0.3, 0.4) is 0 Å². The number of piperidine rings is 1. The lowest BCUT2D eigenvalue weighted by atomic mass is 10.0. The minimum atomic E-state index is -0.352. The molecule has 7 heteroatoms. The Morgan fingerprint density at radius 2 is 1.44 bits per heavy atom. The van der Waals surface area contributed by atoms with Gasteiger partial charge in [0.25, 0.3) is 11.8 Å². The fourth-order valence-corrected chi connectivity index (χ4v) is 4.23. The summed E-state index contributed by atoms with van der Waals surface area (Å²) in [7, 11) is 3.07. The van der Waals surface area contributed by atoms with Crippen molar-refractivity contribution in [3.05, 3.63) is 53.7 Å². The molecule has 168 valence electrons. The number of ether oxygens (including phenoxy) is 3. The van der Waals surface area contributed by atoms with Gasteiger partial charge in [-0.1, -0.05) is 12.1 Å². The van der Waals surface area contributed by atoms with E-state index in [0.717, 1.165) is 38.1 Å². The lowest BCUT2D eigenvalue weighted by Gasteiger charge is -2.29. The van der Waals surface area contributed by atoms with Crippen LogP contribution < -0.4 is 19.1 Å². The van der Waals surface area contributed by atoms with Crippen LogP contribution in [0, 0.1) is 0 Å². The van der Waals surface area contributed by atoms with Crippen molar-refractivity contribution in [1.82, 2.24) is 4.90 Å². The Labute approximate surface area is 188 Å². The second-order valence-electron chi connectivity index (χ2n) is 7.75. The van der Waals surface area contributed by atoms with E-state index < -0.39 is 0 Å². The minimum Gasteiger partial charge on any atom is -0.497 e. The van der Waals surface area contributed by atoms with Gasteiger partial charge >= 0.3 is 0 Å². The fourth-order valence-electron chi connectivity index (χ4n) is 4.23. The first-order chi connectivity index (χ1) is 15.6. The third-order valence-electron chi connectivity index (χ3n) is 5.78. The summed E-state index contributed by atoms with van der Waals surface area (Å²) in [4.78, 5) is 30.6. The summed E-state index contributed by atoms with van der Waals surface area (Å²) in [5.41, 5.74) is 2.00. The van der Waals surface area contributed by atoms with Gasteiger partial charge in [0.2, 0.25) is 0 Å². The quantitative estimate of drug-likeness (QED) is 0.614. The van der Waals surface area contributed by atoms with E-state index in [1.807, 2.05) is 36.1 Å². The summed E-state index contributed by atoms with van der Waals surface area (Å²) < 4.78 is 16.2. The van der Waals surface area contributed by atoms with E-state index in [-0.39, 0.29) is 11.8 Å². The lowest BCUT2D eigenvalue weighted by molar-refractivity contribution is -0.120. The van der Waals surface area contributed by atoms with Gasteiger partial charge in [0.15, 0.2) is 0 Å². The third kappa shape index (κ3) is 4.02. The molecular weight excluding hydrogens is 408 g/mol. The molecule has 0 unspecified atom stereocenters. The highest BCUT2D eigenvalue weighted by Crippen LogP contribution is 2.38. The Hall–Kier alpha value is -3.48. The topological polar surface area (TPSA) is 68.3 Å². The first-order valence-corrected chi connectivity index (χ1v) is 10.9. The predicted molar refractivity (Wildman–Crippen MR) is 122 cm³/mol. The Balaban J connectivity index is 1.80. The number of benzene rings is 2. The molecule has 4 rings (SSSR count). The highest BCUT2D eigenvalue weighted by Gasteiger charge is 2.43. The number of hydrogen-bond acceptors (Lipinski definition) is 6. The van der Waals surface area contributed by atoms with Gasteiger partial charge in [-0.25, -0.2) is 4.90 Å². The van der Waals surface area contributed by atoms with E-state index in [9.17, 15) is 9.59 Å². The molecule has 2 amide bonds. The van der Waals surface area contributed by atoms with E-state index >= 15 is 0 Å². The molecule has 0 N–H and O–H groups in total.